The van der Waals surface area contributed by atoms with Gasteiger partial charge in [-0.15, -0.1) is 0 Å². The molecule has 0 amide bonds. The molecule has 0 aliphatic heterocycles. The molecular formula is C22H29N4O5S-. The molecule has 0 fully saturated rings. The van der Waals surface area contributed by atoms with Gasteiger partial charge in [0.1, 0.15) is 11.5 Å². The Kier molecular flexibility index (Phi) is 8.95. The van der Waals surface area contributed by atoms with Crippen molar-refractivity contribution < 1.29 is 12.9 Å². The fourth-order valence-electron chi connectivity index (χ4n) is 3.83. The molecule has 0 saturated carbocycles. The van der Waals surface area contributed by atoms with E-state index in [1.165, 1.54) is 4.57 Å². The van der Waals surface area contributed by atoms with E-state index >= 15 is 0 Å². The summed E-state index contributed by atoms with van der Waals surface area (Å²) in [4.78, 5) is 33.0. The minimum Gasteiger partial charge on any atom is -0.750 e. The van der Waals surface area contributed by atoms with E-state index in [0.717, 1.165) is 37.1 Å². The molecule has 174 valence electrons. The van der Waals surface area contributed by atoms with E-state index in [1.54, 1.807) is 0 Å². The number of aryl methyl sites for hydroxylation is 1. The first-order valence-corrected chi connectivity index (χ1v) is 12.0. The molecule has 0 aliphatic rings. The minimum atomic E-state index is -2.44. The maximum atomic E-state index is 13.0. The first-order chi connectivity index (χ1) is 15.5. The first kappa shape index (κ1) is 24.1. The molecule has 0 radical (unpaired) electrons. The van der Waals surface area contributed by atoms with Gasteiger partial charge in [-0.2, -0.15) is 0 Å². The van der Waals surface area contributed by atoms with Gasteiger partial charge in [0.25, 0.3) is 5.56 Å². The first-order valence-electron chi connectivity index (χ1n) is 11.0. The van der Waals surface area contributed by atoms with E-state index in [0.29, 0.717) is 43.5 Å². The third-order valence-electron chi connectivity index (χ3n) is 5.44. The predicted molar refractivity (Wildman–Crippen MR) is 122 cm³/mol. The molecule has 3 rings (SSSR count). The Balaban J connectivity index is 1.63. The number of fused-ring (bicyclic) bond motifs is 1. The average molecular weight is 462 g/mol. The number of nitrogens with one attached hydrogen (secondary N) is 1. The quantitative estimate of drug-likeness (QED) is 0.308. The molecule has 0 bridgehead atoms. The van der Waals surface area contributed by atoms with E-state index in [-0.39, 0.29) is 12.2 Å². The Morgan fingerprint density at radius 2 is 1.72 bits per heavy atom. The number of hydrogen-bond donors (Lipinski definition) is 1. The van der Waals surface area contributed by atoms with Gasteiger partial charge in [0, 0.05) is 19.5 Å². The Labute approximate surface area is 188 Å². The molecule has 2 heterocycles. The SMILES string of the molecule is CCn1c(Cc2ccccc2)nc2c(=O)n(CCCCCCCCOS(=O)[O-])c(=O)[nH]c21. The van der Waals surface area contributed by atoms with Crippen LogP contribution in [0.4, 0.5) is 0 Å². The van der Waals surface area contributed by atoms with Gasteiger partial charge < -0.3 is 13.3 Å². The fourth-order valence-corrected chi connectivity index (χ4v) is 4.08. The molecule has 3 aromatic rings. The van der Waals surface area contributed by atoms with E-state index < -0.39 is 17.1 Å². The molecule has 1 aromatic carbocycles. The summed E-state index contributed by atoms with van der Waals surface area (Å²) in [6.45, 7) is 3.12. The number of hydrogen-bond acceptors (Lipinski definition) is 6. The molecule has 2 aromatic heterocycles. The van der Waals surface area contributed by atoms with Gasteiger partial charge in [-0.1, -0.05) is 56.0 Å². The van der Waals surface area contributed by atoms with Crippen molar-refractivity contribution in [3.8, 4) is 0 Å². The molecule has 10 heteroatoms. The monoisotopic (exact) mass is 461 g/mol. The predicted octanol–water partition coefficient (Wildman–Crippen LogP) is 2.65. The lowest BCUT2D eigenvalue weighted by molar-refractivity contribution is 0.290. The van der Waals surface area contributed by atoms with Gasteiger partial charge in [0.2, 0.25) is 0 Å². The minimum absolute atomic E-state index is 0.206. The number of nitrogens with zero attached hydrogens (tertiary/aromatic N) is 3. The molecule has 1 atom stereocenters. The third-order valence-corrected chi connectivity index (χ3v) is 5.80. The zero-order chi connectivity index (χ0) is 22.9. The van der Waals surface area contributed by atoms with Crippen molar-refractivity contribution in [2.24, 2.45) is 0 Å². The smallest absolute Gasteiger partial charge is 0.330 e. The maximum absolute atomic E-state index is 13.0. The lowest BCUT2D eigenvalue weighted by Gasteiger charge is -2.07. The van der Waals surface area contributed by atoms with Crippen molar-refractivity contribution >= 4 is 22.5 Å². The van der Waals surface area contributed by atoms with Crippen LogP contribution in [0.2, 0.25) is 0 Å². The zero-order valence-corrected chi connectivity index (χ0v) is 19.1. The van der Waals surface area contributed by atoms with Crippen LogP contribution < -0.4 is 11.2 Å². The summed E-state index contributed by atoms with van der Waals surface area (Å²) in [6, 6.07) is 9.91. The summed E-state index contributed by atoms with van der Waals surface area (Å²) in [5.74, 6) is 0.754. The normalized spacial score (nSPS) is 12.4. The molecule has 9 nitrogen and oxygen atoms in total. The summed E-state index contributed by atoms with van der Waals surface area (Å²) in [7, 11) is 0. The van der Waals surface area contributed by atoms with E-state index in [9.17, 15) is 18.4 Å². The van der Waals surface area contributed by atoms with Crippen LogP contribution in [0, 0.1) is 0 Å². The molecule has 1 unspecified atom stereocenters. The van der Waals surface area contributed by atoms with Gasteiger partial charge in [-0.3, -0.25) is 14.3 Å². The van der Waals surface area contributed by atoms with Crippen molar-refractivity contribution in [1.82, 2.24) is 19.1 Å². The van der Waals surface area contributed by atoms with Gasteiger partial charge in [-0.25, -0.2) is 14.0 Å². The van der Waals surface area contributed by atoms with Crippen LogP contribution in [0.15, 0.2) is 39.9 Å². The maximum Gasteiger partial charge on any atom is 0.330 e. The highest BCUT2D eigenvalue weighted by atomic mass is 32.2. The highest BCUT2D eigenvalue weighted by Gasteiger charge is 2.16. The number of unbranched alkanes of at least 4 members (excludes halogenated alkanes) is 5. The summed E-state index contributed by atoms with van der Waals surface area (Å²) >= 11 is -2.44. The second-order valence-electron chi connectivity index (χ2n) is 7.67. The van der Waals surface area contributed by atoms with Crippen LogP contribution >= 0.6 is 0 Å². The highest BCUT2D eigenvalue weighted by molar-refractivity contribution is 7.74. The second kappa shape index (κ2) is 11.9. The summed E-state index contributed by atoms with van der Waals surface area (Å²) < 4.78 is 28.2. The Morgan fingerprint density at radius 3 is 2.41 bits per heavy atom. The van der Waals surface area contributed by atoms with Gasteiger partial charge in [-0.05, 0) is 25.3 Å². The van der Waals surface area contributed by atoms with E-state index in [2.05, 4.69) is 14.2 Å². The fraction of sp³-hybridized carbons (Fsp3) is 0.500. The van der Waals surface area contributed by atoms with Crippen molar-refractivity contribution in [2.45, 2.75) is 65.0 Å². The number of aromatic amines is 1. The molecule has 32 heavy (non-hydrogen) atoms. The average Bonchev–Trinajstić information content (AvgIpc) is 3.12. The van der Waals surface area contributed by atoms with Gasteiger partial charge >= 0.3 is 5.69 Å². The molecular weight excluding hydrogens is 432 g/mol. The zero-order valence-electron chi connectivity index (χ0n) is 18.2. The van der Waals surface area contributed by atoms with Gasteiger partial charge in [0.05, 0.1) is 18.0 Å². The van der Waals surface area contributed by atoms with Crippen molar-refractivity contribution in [1.29, 1.82) is 0 Å². The van der Waals surface area contributed by atoms with Crippen molar-refractivity contribution in [3.63, 3.8) is 0 Å². The number of rotatable bonds is 13. The number of aromatic nitrogens is 4. The molecule has 1 N–H and O–H groups in total. The highest BCUT2D eigenvalue weighted by Crippen LogP contribution is 2.14. The van der Waals surface area contributed by atoms with E-state index in [1.807, 2.05) is 41.8 Å². The summed E-state index contributed by atoms with van der Waals surface area (Å²) in [6.07, 6.45) is 5.63. The van der Waals surface area contributed by atoms with Crippen molar-refractivity contribution in [2.75, 3.05) is 6.61 Å². The van der Waals surface area contributed by atoms with Crippen LogP contribution in [0.25, 0.3) is 11.2 Å². The topological polar surface area (TPSA) is 122 Å². The Bertz CT molecular complexity index is 1150. The molecule has 0 saturated heterocycles. The van der Waals surface area contributed by atoms with E-state index in [4.69, 9.17) is 0 Å². The summed E-state index contributed by atoms with van der Waals surface area (Å²) in [5, 5.41) is 0. The third kappa shape index (κ3) is 6.24. The molecule has 0 aliphatic carbocycles. The summed E-state index contributed by atoms with van der Waals surface area (Å²) in [5.41, 5.74) is 1.10. The van der Waals surface area contributed by atoms with Crippen molar-refractivity contribution in [3.05, 3.63) is 62.6 Å². The van der Waals surface area contributed by atoms with Gasteiger partial charge in [0.15, 0.2) is 5.52 Å². The van der Waals surface area contributed by atoms with Crippen LogP contribution in [0.1, 0.15) is 56.8 Å². The van der Waals surface area contributed by atoms with Crippen LogP contribution in [0.3, 0.4) is 0 Å². The lowest BCUT2D eigenvalue weighted by atomic mass is 10.1. The second-order valence-corrected chi connectivity index (χ2v) is 8.31. The lowest BCUT2D eigenvalue weighted by Crippen LogP contribution is -2.35. The van der Waals surface area contributed by atoms with Crippen LogP contribution in [-0.2, 0) is 35.1 Å². The standard InChI is InChI=1S/C22H30N4O5S/c1-2-25-18(16-17-12-8-7-9-13-17)23-19-20(25)24-22(28)26(21(19)27)14-10-5-3-4-6-11-15-31-32(29)30/h7-9,12-13H,2-6,10-11,14-16H2,1H3,(H,24,28)(H,29,30)/p-1. The number of benzene rings is 1. The van der Waals surface area contributed by atoms with Crippen LogP contribution in [0.5, 0.6) is 0 Å². The largest absolute Gasteiger partial charge is 0.750 e. The Hall–Kier alpha value is -2.56. The molecule has 0 spiro atoms. The number of imidazole rings is 1. The van der Waals surface area contributed by atoms with Crippen LogP contribution in [-0.4, -0.2) is 34.5 Å². The Morgan fingerprint density at radius 1 is 1.03 bits per heavy atom. The number of H-pyrrole nitrogens is 1.